The number of Topliss-reactive ketones (excluding diaryl/α,β-unsaturated/α-hetero) is 2. The van der Waals surface area contributed by atoms with Crippen LogP contribution in [0.3, 0.4) is 0 Å². The molecule has 23 heavy (non-hydrogen) atoms. The van der Waals surface area contributed by atoms with Crippen LogP contribution in [-0.4, -0.2) is 25.8 Å². The summed E-state index contributed by atoms with van der Waals surface area (Å²) in [6.07, 6.45) is 0. The molecule has 0 aliphatic heterocycles. The quantitative estimate of drug-likeness (QED) is 0.861. The molecule has 2 aromatic carbocycles. The van der Waals surface area contributed by atoms with Crippen LogP contribution in [0, 0.1) is 0 Å². The van der Waals surface area contributed by atoms with E-state index in [4.69, 9.17) is 21.1 Å². The Labute approximate surface area is 138 Å². The van der Waals surface area contributed by atoms with E-state index < -0.39 is 0 Å². The minimum absolute atomic E-state index is 0.111. The van der Waals surface area contributed by atoms with E-state index in [1.807, 2.05) is 0 Å². The maximum Gasteiger partial charge on any atom is 0.205 e. The van der Waals surface area contributed by atoms with Crippen LogP contribution in [-0.2, 0) is 0 Å². The van der Waals surface area contributed by atoms with Crippen LogP contribution in [0.2, 0.25) is 0 Å². The molecule has 0 amide bonds. The molecule has 0 N–H and O–H groups in total. The number of methoxy groups -OCH3 is 2. The van der Waals surface area contributed by atoms with Crippen molar-refractivity contribution in [3.05, 3.63) is 64.2 Å². The van der Waals surface area contributed by atoms with E-state index in [-0.39, 0.29) is 22.2 Å². The summed E-state index contributed by atoms with van der Waals surface area (Å²) in [4.78, 5) is 25.3. The van der Waals surface area contributed by atoms with Crippen molar-refractivity contribution < 1.29 is 19.1 Å². The van der Waals surface area contributed by atoms with Crippen molar-refractivity contribution in [3.63, 3.8) is 0 Å². The summed E-state index contributed by atoms with van der Waals surface area (Å²) in [5, 5.41) is -0.111. The SMILES string of the molecule is COc1ccc(OC)c(C2=C(Cl)C(=O)c3ccccc3C2=O)c1. The zero-order chi connectivity index (χ0) is 16.6. The van der Waals surface area contributed by atoms with Crippen molar-refractivity contribution in [3.8, 4) is 11.5 Å². The van der Waals surface area contributed by atoms with Gasteiger partial charge < -0.3 is 9.47 Å². The molecule has 0 saturated heterocycles. The fourth-order valence-electron chi connectivity index (χ4n) is 2.60. The Morgan fingerprint density at radius 2 is 1.48 bits per heavy atom. The van der Waals surface area contributed by atoms with Gasteiger partial charge in [-0.15, -0.1) is 0 Å². The highest BCUT2D eigenvalue weighted by atomic mass is 35.5. The summed E-state index contributed by atoms with van der Waals surface area (Å²) < 4.78 is 10.5. The predicted molar refractivity (Wildman–Crippen MR) is 87.4 cm³/mol. The van der Waals surface area contributed by atoms with Crippen LogP contribution in [0.1, 0.15) is 26.3 Å². The first-order valence-corrected chi connectivity index (χ1v) is 7.27. The first-order valence-electron chi connectivity index (χ1n) is 6.89. The van der Waals surface area contributed by atoms with Gasteiger partial charge >= 0.3 is 0 Å². The molecular weight excluding hydrogens is 316 g/mol. The second kappa shape index (κ2) is 5.89. The number of carbonyl (C=O) groups excluding carboxylic acids is 2. The fraction of sp³-hybridized carbons (Fsp3) is 0.111. The Balaban J connectivity index is 2.26. The minimum atomic E-state index is -0.373. The summed E-state index contributed by atoms with van der Waals surface area (Å²) in [6, 6.07) is 11.6. The average molecular weight is 329 g/mol. The summed E-state index contributed by atoms with van der Waals surface area (Å²) in [7, 11) is 3.01. The molecule has 0 fully saturated rings. The lowest BCUT2D eigenvalue weighted by atomic mass is 9.85. The number of carbonyl (C=O) groups is 2. The summed E-state index contributed by atoms with van der Waals surface area (Å²) >= 11 is 6.23. The van der Waals surface area contributed by atoms with Gasteiger partial charge in [0.1, 0.15) is 16.5 Å². The van der Waals surface area contributed by atoms with Gasteiger partial charge in [-0.3, -0.25) is 9.59 Å². The van der Waals surface area contributed by atoms with Crippen LogP contribution in [0.15, 0.2) is 47.5 Å². The number of allylic oxidation sites excluding steroid dienone is 2. The lowest BCUT2D eigenvalue weighted by Crippen LogP contribution is -2.19. The van der Waals surface area contributed by atoms with Crippen molar-refractivity contribution in [1.82, 2.24) is 0 Å². The molecule has 1 aliphatic rings. The maximum absolute atomic E-state index is 12.9. The maximum atomic E-state index is 12.9. The van der Waals surface area contributed by atoms with Crippen molar-refractivity contribution in [2.45, 2.75) is 0 Å². The third-order valence-electron chi connectivity index (χ3n) is 3.74. The van der Waals surface area contributed by atoms with Gasteiger partial charge in [-0.1, -0.05) is 35.9 Å². The highest BCUT2D eigenvalue weighted by Crippen LogP contribution is 2.39. The van der Waals surface area contributed by atoms with E-state index in [0.29, 0.717) is 28.2 Å². The smallest absolute Gasteiger partial charge is 0.205 e. The molecule has 0 aromatic heterocycles. The zero-order valence-electron chi connectivity index (χ0n) is 12.6. The molecule has 116 valence electrons. The van der Waals surface area contributed by atoms with Crippen LogP contribution in [0.25, 0.3) is 5.57 Å². The highest BCUT2D eigenvalue weighted by Gasteiger charge is 2.33. The predicted octanol–water partition coefficient (Wildman–Crippen LogP) is 3.73. The van der Waals surface area contributed by atoms with Crippen LogP contribution < -0.4 is 9.47 Å². The first kappa shape index (κ1) is 15.3. The topological polar surface area (TPSA) is 52.6 Å². The Bertz CT molecular complexity index is 852. The molecular formula is C18H13ClO4. The van der Waals surface area contributed by atoms with E-state index in [1.54, 1.807) is 42.5 Å². The molecule has 2 aromatic rings. The monoisotopic (exact) mass is 328 g/mol. The normalized spacial score (nSPS) is 13.9. The Morgan fingerprint density at radius 3 is 2.09 bits per heavy atom. The Kier molecular flexibility index (Phi) is 3.92. The molecule has 0 unspecified atom stereocenters. The summed E-state index contributed by atoms with van der Waals surface area (Å²) in [6.45, 7) is 0. The Morgan fingerprint density at radius 1 is 0.826 bits per heavy atom. The van der Waals surface area contributed by atoms with Crippen molar-refractivity contribution in [2.24, 2.45) is 0 Å². The van der Waals surface area contributed by atoms with Crippen molar-refractivity contribution in [2.75, 3.05) is 14.2 Å². The van der Waals surface area contributed by atoms with Crippen LogP contribution in [0.4, 0.5) is 0 Å². The van der Waals surface area contributed by atoms with Gasteiger partial charge in [0.15, 0.2) is 5.78 Å². The van der Waals surface area contributed by atoms with Gasteiger partial charge in [0.2, 0.25) is 5.78 Å². The van der Waals surface area contributed by atoms with E-state index in [9.17, 15) is 9.59 Å². The molecule has 5 heteroatoms. The number of benzene rings is 2. The molecule has 0 saturated carbocycles. The van der Waals surface area contributed by atoms with Gasteiger partial charge in [-0.05, 0) is 18.2 Å². The average Bonchev–Trinajstić information content (AvgIpc) is 2.60. The highest BCUT2D eigenvalue weighted by molar-refractivity contribution is 6.56. The first-order chi connectivity index (χ1) is 11.1. The second-order valence-electron chi connectivity index (χ2n) is 4.96. The lowest BCUT2D eigenvalue weighted by Gasteiger charge is -2.19. The number of ketones is 2. The second-order valence-corrected chi connectivity index (χ2v) is 5.34. The number of hydrogen-bond donors (Lipinski definition) is 0. The third-order valence-corrected chi connectivity index (χ3v) is 4.10. The molecule has 4 nitrogen and oxygen atoms in total. The number of fused-ring (bicyclic) bond motifs is 1. The fourth-order valence-corrected chi connectivity index (χ4v) is 2.88. The van der Waals surface area contributed by atoms with E-state index in [0.717, 1.165) is 0 Å². The zero-order valence-corrected chi connectivity index (χ0v) is 13.3. The minimum Gasteiger partial charge on any atom is -0.497 e. The molecule has 0 atom stereocenters. The Hall–Kier alpha value is -2.59. The van der Waals surface area contributed by atoms with E-state index >= 15 is 0 Å². The molecule has 0 bridgehead atoms. The standard InChI is InChI=1S/C18H13ClO4/c1-22-10-7-8-14(23-2)13(9-10)15-16(19)18(21)12-6-4-3-5-11(12)17(15)20/h3-9H,1-2H3. The van der Waals surface area contributed by atoms with Gasteiger partial charge in [0.25, 0.3) is 0 Å². The van der Waals surface area contributed by atoms with Gasteiger partial charge in [-0.2, -0.15) is 0 Å². The van der Waals surface area contributed by atoms with Crippen molar-refractivity contribution in [1.29, 1.82) is 0 Å². The van der Waals surface area contributed by atoms with Crippen LogP contribution in [0.5, 0.6) is 11.5 Å². The van der Waals surface area contributed by atoms with Gasteiger partial charge in [0.05, 0.1) is 19.8 Å². The van der Waals surface area contributed by atoms with Gasteiger partial charge in [-0.25, -0.2) is 0 Å². The summed E-state index contributed by atoms with van der Waals surface area (Å²) in [5.74, 6) is 0.301. The molecule has 3 rings (SSSR count). The summed E-state index contributed by atoms with van der Waals surface area (Å²) in [5.41, 5.74) is 1.21. The van der Waals surface area contributed by atoms with Crippen LogP contribution >= 0.6 is 11.6 Å². The van der Waals surface area contributed by atoms with E-state index in [2.05, 4.69) is 0 Å². The molecule has 0 heterocycles. The van der Waals surface area contributed by atoms with Crippen molar-refractivity contribution >= 4 is 28.7 Å². The molecule has 0 radical (unpaired) electrons. The number of halogens is 1. The molecule has 1 aliphatic carbocycles. The van der Waals surface area contributed by atoms with Gasteiger partial charge in [0, 0.05) is 16.7 Å². The number of rotatable bonds is 3. The van der Waals surface area contributed by atoms with E-state index in [1.165, 1.54) is 14.2 Å². The number of ether oxygens (including phenoxy) is 2. The largest absolute Gasteiger partial charge is 0.497 e. The number of hydrogen-bond acceptors (Lipinski definition) is 4. The molecule has 0 spiro atoms. The lowest BCUT2D eigenvalue weighted by molar-refractivity contribution is 0.0998. The third kappa shape index (κ3) is 2.41.